The van der Waals surface area contributed by atoms with Crippen LogP contribution in [0.4, 0.5) is 0 Å². The molecule has 214 valence electrons. The summed E-state index contributed by atoms with van der Waals surface area (Å²) in [7, 11) is 0. The number of Topliss-reactive ketones (excluding diaryl/α,β-unsaturated/α-hetero) is 1. The van der Waals surface area contributed by atoms with Gasteiger partial charge in [-0.25, -0.2) is 0 Å². The largest absolute Gasteiger partial charge is 0.507 e. The molecular weight excluding hydrogens is 528 g/mol. The lowest BCUT2D eigenvalue weighted by atomic mass is 9.98. The highest BCUT2D eigenvalue weighted by Crippen LogP contribution is 2.32. The zero-order valence-electron chi connectivity index (χ0n) is 22.4. The van der Waals surface area contributed by atoms with E-state index in [1.54, 1.807) is 24.3 Å². The highest BCUT2D eigenvalue weighted by atomic mass is 16.7. The van der Waals surface area contributed by atoms with E-state index in [1.165, 1.54) is 18.2 Å². The third kappa shape index (κ3) is 8.27. The van der Waals surface area contributed by atoms with E-state index in [4.69, 9.17) is 28.4 Å². The zero-order valence-corrected chi connectivity index (χ0v) is 22.4. The fraction of sp³-hybridized carbons (Fsp3) is 0.393. The minimum Gasteiger partial charge on any atom is -0.507 e. The fourth-order valence-electron chi connectivity index (χ4n) is 4.11. The molecule has 0 bridgehead atoms. The molecule has 0 aliphatic carbocycles. The minimum absolute atomic E-state index is 0.00895. The van der Waals surface area contributed by atoms with Gasteiger partial charge in [-0.05, 0) is 17.7 Å². The summed E-state index contributed by atoms with van der Waals surface area (Å²) in [5.41, 5.74) is 0.822. The van der Waals surface area contributed by atoms with E-state index in [2.05, 4.69) is 0 Å². The summed E-state index contributed by atoms with van der Waals surface area (Å²) in [6.07, 6.45) is -6.81. The van der Waals surface area contributed by atoms with Crippen molar-refractivity contribution in [1.82, 2.24) is 0 Å². The van der Waals surface area contributed by atoms with Gasteiger partial charge in [-0.1, -0.05) is 30.3 Å². The average molecular weight is 559 g/mol. The number of carbonyl (C=O) groups is 5. The number of hydrogen-bond donors (Lipinski definition) is 1. The predicted octanol–water partition coefficient (Wildman–Crippen LogP) is 2.28. The van der Waals surface area contributed by atoms with E-state index in [-0.39, 0.29) is 29.3 Å². The van der Waals surface area contributed by atoms with Crippen molar-refractivity contribution in [2.45, 2.75) is 64.8 Å². The van der Waals surface area contributed by atoms with Crippen molar-refractivity contribution in [2.75, 3.05) is 6.61 Å². The van der Waals surface area contributed by atoms with Gasteiger partial charge in [-0.2, -0.15) is 0 Å². The first-order chi connectivity index (χ1) is 18.9. The number of esters is 4. The van der Waals surface area contributed by atoms with Gasteiger partial charge in [0.15, 0.2) is 18.0 Å². The van der Waals surface area contributed by atoms with E-state index in [0.717, 1.165) is 33.3 Å². The van der Waals surface area contributed by atoms with Crippen molar-refractivity contribution >= 4 is 29.7 Å². The van der Waals surface area contributed by atoms with Gasteiger partial charge in [0.25, 0.3) is 0 Å². The molecule has 0 radical (unpaired) electrons. The number of phenolic OH excluding ortho intramolecular Hbond substituents is 1. The number of ether oxygens (including phenoxy) is 6. The van der Waals surface area contributed by atoms with E-state index in [9.17, 15) is 29.1 Å². The maximum Gasteiger partial charge on any atom is 0.303 e. The number of rotatable bonds is 10. The molecule has 2 aromatic carbocycles. The van der Waals surface area contributed by atoms with Crippen LogP contribution in [-0.2, 0) is 49.3 Å². The van der Waals surface area contributed by atoms with Crippen molar-refractivity contribution < 1.29 is 57.5 Å². The highest BCUT2D eigenvalue weighted by Gasteiger charge is 2.53. The summed E-state index contributed by atoms with van der Waals surface area (Å²) in [6, 6.07) is 12.9. The van der Waals surface area contributed by atoms with E-state index >= 15 is 0 Å². The number of hydrogen-bond acceptors (Lipinski definition) is 12. The number of ketones is 1. The summed E-state index contributed by atoms with van der Waals surface area (Å²) in [4.78, 5) is 60.0. The lowest BCUT2D eigenvalue weighted by Gasteiger charge is -2.43. The maximum atomic E-state index is 12.7. The molecule has 40 heavy (non-hydrogen) atoms. The molecule has 12 heteroatoms. The highest BCUT2D eigenvalue weighted by molar-refractivity contribution is 6.00. The van der Waals surface area contributed by atoms with Gasteiger partial charge in [0, 0.05) is 40.2 Å². The van der Waals surface area contributed by atoms with E-state index in [0.29, 0.717) is 0 Å². The van der Waals surface area contributed by atoms with Gasteiger partial charge in [0.05, 0.1) is 5.56 Å². The Morgan fingerprint density at radius 3 is 1.95 bits per heavy atom. The average Bonchev–Trinajstić information content (AvgIpc) is 2.86. The lowest BCUT2D eigenvalue weighted by molar-refractivity contribution is -0.288. The summed E-state index contributed by atoms with van der Waals surface area (Å²) in [6.45, 7) is 4.06. The van der Waals surface area contributed by atoms with E-state index in [1.807, 2.05) is 6.07 Å². The molecule has 0 spiro atoms. The number of carbonyl (C=O) groups excluding carboxylic acids is 5. The molecule has 2 aromatic rings. The summed E-state index contributed by atoms with van der Waals surface area (Å²) in [5.74, 6) is -3.69. The van der Waals surface area contributed by atoms with Gasteiger partial charge in [-0.3, -0.25) is 24.0 Å². The van der Waals surface area contributed by atoms with Crippen molar-refractivity contribution in [3.8, 4) is 11.5 Å². The first-order valence-corrected chi connectivity index (χ1v) is 12.3. The second kappa shape index (κ2) is 13.6. The van der Waals surface area contributed by atoms with Gasteiger partial charge >= 0.3 is 23.9 Å². The third-order valence-corrected chi connectivity index (χ3v) is 5.68. The van der Waals surface area contributed by atoms with Crippen LogP contribution in [0.25, 0.3) is 0 Å². The Hall–Kier alpha value is -4.45. The Balaban J connectivity index is 1.91. The molecular formula is C28H30O12. The SMILES string of the molecule is CC(=O)OC[C@H]1O[C@H](Oc2ccc(C(=O)Cc3ccccc3)c(O)c2)[C@@H](OC(C)=O)[C@@H](OC(C)=O)[C@@H]1OC(C)=O. The molecule has 1 aliphatic rings. The summed E-state index contributed by atoms with van der Waals surface area (Å²) in [5, 5.41) is 10.6. The monoisotopic (exact) mass is 558 g/mol. The Bertz CT molecular complexity index is 1240. The molecule has 1 aliphatic heterocycles. The Morgan fingerprint density at radius 2 is 1.38 bits per heavy atom. The van der Waals surface area contributed by atoms with Crippen LogP contribution in [0.5, 0.6) is 11.5 Å². The summed E-state index contributed by atoms with van der Waals surface area (Å²) >= 11 is 0. The van der Waals surface area contributed by atoms with Gasteiger partial charge in [0.2, 0.25) is 12.4 Å². The standard InChI is InChI=1S/C28H30O12/c1-15(29)35-14-24-25(36-16(2)30)26(37-17(3)31)27(38-18(4)32)28(40-24)39-20-10-11-21(23(34)13-20)22(33)12-19-8-6-5-7-9-19/h5-11,13,24-28,34H,12,14H2,1-4H3/t24-,25-,26+,27+,28+/m1/s1. The minimum atomic E-state index is -1.48. The Labute approximate surface area is 230 Å². The molecule has 0 amide bonds. The van der Waals surface area contributed by atoms with Crippen LogP contribution in [0.15, 0.2) is 48.5 Å². The smallest absolute Gasteiger partial charge is 0.303 e. The first-order valence-electron chi connectivity index (χ1n) is 12.3. The van der Waals surface area contributed by atoms with Crippen molar-refractivity contribution in [1.29, 1.82) is 0 Å². The van der Waals surface area contributed by atoms with Crippen LogP contribution in [0.2, 0.25) is 0 Å². The molecule has 3 rings (SSSR count). The van der Waals surface area contributed by atoms with Crippen molar-refractivity contribution in [3.05, 3.63) is 59.7 Å². The van der Waals surface area contributed by atoms with Gasteiger partial charge < -0.3 is 33.5 Å². The van der Waals surface area contributed by atoms with Crippen LogP contribution in [-0.4, -0.2) is 72.1 Å². The Kier molecular flexibility index (Phi) is 10.2. The van der Waals surface area contributed by atoms with Crippen LogP contribution in [0.3, 0.4) is 0 Å². The van der Waals surface area contributed by atoms with Gasteiger partial charge in [0.1, 0.15) is 24.2 Å². The van der Waals surface area contributed by atoms with Crippen LogP contribution in [0, 0.1) is 0 Å². The molecule has 5 atom stereocenters. The topological polar surface area (TPSA) is 161 Å². The fourth-order valence-corrected chi connectivity index (χ4v) is 4.11. The first kappa shape index (κ1) is 30.1. The maximum absolute atomic E-state index is 12.7. The molecule has 1 N–H and O–H groups in total. The molecule has 0 aromatic heterocycles. The van der Waals surface area contributed by atoms with Crippen LogP contribution < -0.4 is 4.74 Å². The molecule has 1 fully saturated rings. The molecule has 0 unspecified atom stereocenters. The molecule has 0 saturated carbocycles. The quantitative estimate of drug-likeness (QED) is 0.258. The van der Waals surface area contributed by atoms with Gasteiger partial charge in [-0.15, -0.1) is 0 Å². The molecule has 1 saturated heterocycles. The normalized spacial score (nSPS) is 21.9. The molecule has 12 nitrogen and oxygen atoms in total. The Morgan fingerprint density at radius 1 is 0.775 bits per heavy atom. The lowest BCUT2D eigenvalue weighted by Crippen LogP contribution is -2.63. The second-order valence-electron chi connectivity index (χ2n) is 8.95. The van der Waals surface area contributed by atoms with Crippen LogP contribution in [0.1, 0.15) is 43.6 Å². The van der Waals surface area contributed by atoms with Crippen LogP contribution >= 0.6 is 0 Å². The molecule has 1 heterocycles. The predicted molar refractivity (Wildman–Crippen MR) is 135 cm³/mol. The zero-order chi connectivity index (χ0) is 29.4. The number of aromatic hydroxyl groups is 1. The van der Waals surface area contributed by atoms with Crippen molar-refractivity contribution in [2.24, 2.45) is 0 Å². The van der Waals surface area contributed by atoms with Crippen molar-refractivity contribution in [3.63, 3.8) is 0 Å². The number of benzene rings is 2. The summed E-state index contributed by atoms with van der Waals surface area (Å²) < 4.78 is 32.8. The second-order valence-corrected chi connectivity index (χ2v) is 8.95. The third-order valence-electron chi connectivity index (χ3n) is 5.68. The number of phenols is 1. The van der Waals surface area contributed by atoms with E-state index < -0.39 is 61.2 Å².